The van der Waals surface area contributed by atoms with E-state index in [1.165, 1.54) is 28.9 Å². The van der Waals surface area contributed by atoms with Crippen LogP contribution in [0.2, 0.25) is 0 Å². The van der Waals surface area contributed by atoms with E-state index in [0.717, 1.165) is 12.3 Å². The zero-order valence-electron chi connectivity index (χ0n) is 12.2. The third kappa shape index (κ3) is 3.32. The minimum Gasteiger partial charge on any atom is -0.237 e. The lowest BCUT2D eigenvalue weighted by molar-refractivity contribution is -0.141. The summed E-state index contributed by atoms with van der Waals surface area (Å²) < 4.78 is 62.5. The third-order valence-corrected chi connectivity index (χ3v) is 4.26. The highest BCUT2D eigenvalue weighted by Gasteiger charge is 2.35. The molecule has 0 fully saturated rings. The van der Waals surface area contributed by atoms with Crippen LogP contribution >= 0.6 is 0 Å². The summed E-state index contributed by atoms with van der Waals surface area (Å²) >= 11 is 0. The second-order valence-corrected chi connectivity index (χ2v) is 7.30. The molecule has 0 radical (unpaired) electrons. The lowest BCUT2D eigenvalue weighted by atomic mass is 10.1. The summed E-state index contributed by atoms with van der Waals surface area (Å²) in [5.41, 5.74) is -0.186. The molecule has 0 saturated heterocycles. The van der Waals surface area contributed by atoms with Crippen molar-refractivity contribution >= 4 is 9.84 Å². The smallest absolute Gasteiger partial charge is 0.237 e. The lowest BCUT2D eigenvalue weighted by Crippen LogP contribution is -2.08. The Labute approximate surface area is 126 Å². The summed E-state index contributed by atoms with van der Waals surface area (Å²) in [5.74, 6) is -0.168. The van der Waals surface area contributed by atoms with Gasteiger partial charge in [-0.05, 0) is 36.2 Å². The van der Waals surface area contributed by atoms with E-state index in [0.29, 0.717) is 11.4 Å². The van der Waals surface area contributed by atoms with E-state index in [4.69, 9.17) is 0 Å². The van der Waals surface area contributed by atoms with Gasteiger partial charge in [0.05, 0.1) is 10.6 Å². The number of hydrogen-bond donors (Lipinski definition) is 0. The Kier molecular flexibility index (Phi) is 4.08. The van der Waals surface area contributed by atoms with E-state index in [1.54, 1.807) is 13.8 Å². The molecule has 0 amide bonds. The summed E-state index contributed by atoms with van der Waals surface area (Å²) in [7, 11) is -3.36. The molecule has 0 aliphatic carbocycles. The van der Waals surface area contributed by atoms with E-state index < -0.39 is 21.7 Å². The Morgan fingerprint density at radius 3 is 2.09 bits per heavy atom. The summed E-state index contributed by atoms with van der Waals surface area (Å²) in [6, 6.07) is 6.59. The molecule has 0 N–H and O–H groups in total. The lowest BCUT2D eigenvalue weighted by Gasteiger charge is -2.10. The van der Waals surface area contributed by atoms with E-state index >= 15 is 0 Å². The van der Waals surface area contributed by atoms with Gasteiger partial charge in [0, 0.05) is 11.9 Å². The Hall–Kier alpha value is -1.83. The summed E-state index contributed by atoms with van der Waals surface area (Å²) in [5, 5.41) is 3.61. The van der Waals surface area contributed by atoms with Crippen LogP contribution in [0.3, 0.4) is 0 Å². The number of nitrogens with zero attached hydrogens (tertiary/aromatic N) is 2. The minimum atomic E-state index is -4.53. The second-order valence-electron chi connectivity index (χ2n) is 5.28. The maximum atomic E-state index is 12.8. The van der Waals surface area contributed by atoms with Crippen molar-refractivity contribution < 1.29 is 21.6 Å². The average Bonchev–Trinajstić information content (AvgIpc) is 2.82. The summed E-state index contributed by atoms with van der Waals surface area (Å²) in [6.45, 7) is 3.52. The number of halogens is 3. The molecule has 0 aliphatic rings. The molecule has 1 heterocycles. The first-order valence-corrected chi connectivity index (χ1v) is 8.37. The summed E-state index contributed by atoms with van der Waals surface area (Å²) in [4.78, 5) is 0.102. The van der Waals surface area contributed by atoms with Crippen LogP contribution in [0.5, 0.6) is 0 Å². The van der Waals surface area contributed by atoms with Crippen molar-refractivity contribution in [1.29, 1.82) is 0 Å². The van der Waals surface area contributed by atoms with Crippen LogP contribution in [0.15, 0.2) is 35.2 Å². The topological polar surface area (TPSA) is 52.0 Å². The molecule has 22 heavy (non-hydrogen) atoms. The second kappa shape index (κ2) is 5.42. The van der Waals surface area contributed by atoms with Crippen LogP contribution in [-0.4, -0.2) is 24.5 Å². The highest BCUT2D eigenvalue weighted by molar-refractivity contribution is 7.90. The van der Waals surface area contributed by atoms with Crippen molar-refractivity contribution in [2.75, 3.05) is 6.26 Å². The highest BCUT2D eigenvalue weighted by atomic mass is 32.2. The summed E-state index contributed by atoms with van der Waals surface area (Å²) in [6.07, 6.45) is -3.46. The Balaban J connectivity index is 2.54. The van der Waals surface area contributed by atoms with Crippen LogP contribution in [0.1, 0.15) is 31.2 Å². The Morgan fingerprint density at radius 1 is 1.14 bits per heavy atom. The first-order valence-electron chi connectivity index (χ1n) is 6.48. The maximum absolute atomic E-state index is 12.8. The van der Waals surface area contributed by atoms with Gasteiger partial charge in [-0.25, -0.2) is 13.1 Å². The quantitative estimate of drug-likeness (QED) is 0.865. The van der Waals surface area contributed by atoms with Gasteiger partial charge < -0.3 is 0 Å². The zero-order valence-corrected chi connectivity index (χ0v) is 13.0. The van der Waals surface area contributed by atoms with Crippen molar-refractivity contribution in [2.24, 2.45) is 0 Å². The van der Waals surface area contributed by atoms with Crippen LogP contribution in [0.25, 0.3) is 5.69 Å². The monoisotopic (exact) mass is 332 g/mol. The molecule has 2 aromatic rings. The molecule has 0 unspecified atom stereocenters. The normalized spacial score (nSPS) is 12.9. The highest BCUT2D eigenvalue weighted by Crippen LogP contribution is 2.31. The van der Waals surface area contributed by atoms with Crippen molar-refractivity contribution in [3.8, 4) is 5.69 Å². The molecule has 0 atom stereocenters. The number of hydrogen-bond acceptors (Lipinski definition) is 3. The van der Waals surface area contributed by atoms with Gasteiger partial charge in [-0.3, -0.25) is 0 Å². The average molecular weight is 332 g/mol. The molecule has 0 spiro atoms. The first-order chi connectivity index (χ1) is 10.00. The number of rotatable bonds is 3. The van der Waals surface area contributed by atoms with E-state index in [-0.39, 0.29) is 10.8 Å². The predicted molar refractivity (Wildman–Crippen MR) is 75.8 cm³/mol. The molecule has 4 nitrogen and oxygen atoms in total. The van der Waals surface area contributed by atoms with E-state index in [9.17, 15) is 21.6 Å². The van der Waals surface area contributed by atoms with Crippen LogP contribution in [0, 0.1) is 0 Å². The molecular weight excluding hydrogens is 317 g/mol. The fraction of sp³-hybridized carbons (Fsp3) is 0.357. The fourth-order valence-corrected chi connectivity index (χ4v) is 2.62. The molecule has 1 aromatic carbocycles. The number of benzene rings is 1. The molecular formula is C14H15F3N2O2S. The minimum absolute atomic E-state index is 0.102. The van der Waals surface area contributed by atoms with Crippen LogP contribution < -0.4 is 0 Å². The Bertz CT molecular complexity index is 775. The largest absolute Gasteiger partial charge is 0.435 e. The van der Waals surface area contributed by atoms with Crippen molar-refractivity contribution in [2.45, 2.75) is 30.8 Å². The molecule has 0 saturated carbocycles. The van der Waals surface area contributed by atoms with Gasteiger partial charge in [-0.2, -0.15) is 18.3 Å². The number of sulfone groups is 1. The van der Waals surface area contributed by atoms with Crippen molar-refractivity contribution in [3.05, 3.63) is 41.7 Å². The molecule has 0 bridgehead atoms. The van der Waals surface area contributed by atoms with Gasteiger partial charge >= 0.3 is 6.18 Å². The molecule has 120 valence electrons. The first kappa shape index (κ1) is 16.5. The third-order valence-electron chi connectivity index (χ3n) is 3.13. The zero-order chi connectivity index (χ0) is 16.7. The van der Waals surface area contributed by atoms with Gasteiger partial charge in [0.25, 0.3) is 0 Å². The molecule has 1 aromatic heterocycles. The van der Waals surface area contributed by atoms with Gasteiger partial charge in [0.1, 0.15) is 0 Å². The predicted octanol–water partition coefficient (Wildman–Crippen LogP) is 3.42. The fourth-order valence-electron chi connectivity index (χ4n) is 1.99. The van der Waals surface area contributed by atoms with Gasteiger partial charge in [-0.1, -0.05) is 13.8 Å². The van der Waals surface area contributed by atoms with E-state index in [1.807, 2.05) is 0 Å². The Morgan fingerprint density at radius 2 is 1.68 bits per heavy atom. The SMILES string of the molecule is CC(C)c1cc(C(F)(F)F)nn1-c1ccc(S(C)(=O)=O)cc1. The molecule has 2 rings (SSSR count). The van der Waals surface area contributed by atoms with Crippen molar-refractivity contribution in [1.82, 2.24) is 9.78 Å². The number of alkyl halides is 3. The van der Waals surface area contributed by atoms with Crippen LogP contribution in [-0.2, 0) is 16.0 Å². The van der Waals surface area contributed by atoms with E-state index in [2.05, 4.69) is 5.10 Å². The van der Waals surface area contributed by atoms with Gasteiger partial charge in [0.2, 0.25) is 0 Å². The number of aromatic nitrogens is 2. The van der Waals surface area contributed by atoms with Crippen LogP contribution in [0.4, 0.5) is 13.2 Å². The maximum Gasteiger partial charge on any atom is 0.435 e. The van der Waals surface area contributed by atoms with Gasteiger partial charge in [0.15, 0.2) is 15.5 Å². The molecule has 0 aliphatic heterocycles. The molecule has 8 heteroatoms. The standard InChI is InChI=1S/C14H15F3N2O2S/c1-9(2)12-8-13(14(15,16)17)18-19(12)10-4-6-11(7-5-10)22(3,20)21/h4-9H,1-3H3. The van der Waals surface area contributed by atoms with Gasteiger partial charge in [-0.15, -0.1) is 0 Å². The van der Waals surface area contributed by atoms with Crippen molar-refractivity contribution in [3.63, 3.8) is 0 Å².